The highest BCUT2D eigenvalue weighted by Crippen LogP contribution is 2.31. The molecule has 33 heavy (non-hydrogen) atoms. The molecule has 0 radical (unpaired) electrons. The molecule has 0 fully saturated rings. The lowest BCUT2D eigenvalue weighted by molar-refractivity contribution is 0.0599. The molecular weight excluding hydrogens is 444 g/mol. The SMILES string of the molecule is CCn1c(=O)c2cc(C(=O)Nc3cc(C(=O)OC)cc(C(=O)OC)c3)sc2c2ccccc21. The number of hydrogen-bond donors (Lipinski definition) is 1. The van der Waals surface area contributed by atoms with E-state index < -0.39 is 17.8 Å². The number of ether oxygens (including phenoxy) is 2. The summed E-state index contributed by atoms with van der Waals surface area (Å²) < 4.78 is 11.9. The van der Waals surface area contributed by atoms with E-state index in [2.05, 4.69) is 5.32 Å². The molecule has 0 aliphatic rings. The largest absolute Gasteiger partial charge is 0.465 e. The zero-order chi connectivity index (χ0) is 23.7. The predicted octanol–water partition coefficient (Wildman–Crippen LogP) is 4.06. The van der Waals surface area contributed by atoms with Crippen molar-refractivity contribution in [2.45, 2.75) is 13.5 Å². The Balaban J connectivity index is 1.78. The number of anilines is 1. The van der Waals surface area contributed by atoms with Crippen molar-refractivity contribution in [2.24, 2.45) is 0 Å². The number of carbonyl (C=O) groups excluding carboxylic acids is 3. The van der Waals surface area contributed by atoms with Gasteiger partial charge in [-0.2, -0.15) is 0 Å². The Bertz CT molecular complexity index is 1450. The van der Waals surface area contributed by atoms with Gasteiger partial charge in [0.05, 0.1) is 41.1 Å². The Kier molecular flexibility index (Phi) is 5.97. The van der Waals surface area contributed by atoms with Crippen LogP contribution in [-0.4, -0.2) is 36.6 Å². The maximum atomic E-state index is 13.0. The molecule has 2 aromatic heterocycles. The van der Waals surface area contributed by atoms with Crippen LogP contribution in [0.1, 0.15) is 37.3 Å². The summed E-state index contributed by atoms with van der Waals surface area (Å²) in [4.78, 5) is 50.4. The topological polar surface area (TPSA) is 104 Å². The van der Waals surface area contributed by atoms with Crippen molar-refractivity contribution in [3.8, 4) is 0 Å². The van der Waals surface area contributed by atoms with Crippen LogP contribution >= 0.6 is 11.3 Å². The maximum Gasteiger partial charge on any atom is 0.337 e. The van der Waals surface area contributed by atoms with Crippen molar-refractivity contribution in [1.29, 1.82) is 0 Å². The lowest BCUT2D eigenvalue weighted by Gasteiger charge is -2.09. The Labute approximate surface area is 192 Å². The summed E-state index contributed by atoms with van der Waals surface area (Å²) in [5.74, 6) is -1.80. The molecule has 0 bridgehead atoms. The Morgan fingerprint density at radius 3 is 2.18 bits per heavy atom. The number of pyridine rings is 1. The average molecular weight is 464 g/mol. The van der Waals surface area contributed by atoms with E-state index in [0.717, 1.165) is 15.6 Å². The monoisotopic (exact) mass is 464 g/mol. The minimum Gasteiger partial charge on any atom is -0.465 e. The van der Waals surface area contributed by atoms with Gasteiger partial charge in [-0.25, -0.2) is 9.59 Å². The summed E-state index contributed by atoms with van der Waals surface area (Å²) in [6, 6.07) is 13.3. The van der Waals surface area contributed by atoms with Crippen molar-refractivity contribution in [3.05, 3.63) is 74.9 Å². The molecule has 9 heteroatoms. The highest BCUT2D eigenvalue weighted by Gasteiger charge is 2.19. The number of nitrogens with zero attached hydrogens (tertiary/aromatic N) is 1. The zero-order valence-corrected chi connectivity index (χ0v) is 18.9. The second-order valence-corrected chi connectivity index (χ2v) is 8.21. The Morgan fingerprint density at radius 2 is 1.58 bits per heavy atom. The van der Waals surface area contributed by atoms with Gasteiger partial charge >= 0.3 is 11.9 Å². The van der Waals surface area contributed by atoms with Gasteiger partial charge in [0, 0.05) is 22.3 Å². The van der Waals surface area contributed by atoms with E-state index >= 15 is 0 Å². The van der Waals surface area contributed by atoms with Crippen molar-refractivity contribution in [2.75, 3.05) is 19.5 Å². The molecule has 0 saturated heterocycles. The van der Waals surface area contributed by atoms with Crippen LogP contribution in [0, 0.1) is 0 Å². The fraction of sp³-hybridized carbons (Fsp3) is 0.167. The lowest BCUT2D eigenvalue weighted by Crippen LogP contribution is -2.19. The number of para-hydroxylation sites is 1. The molecule has 0 saturated carbocycles. The molecule has 8 nitrogen and oxygen atoms in total. The van der Waals surface area contributed by atoms with E-state index in [-0.39, 0.29) is 22.4 Å². The molecule has 0 aliphatic carbocycles. The van der Waals surface area contributed by atoms with Crippen LogP contribution in [0.3, 0.4) is 0 Å². The van der Waals surface area contributed by atoms with Crippen LogP contribution in [-0.2, 0) is 16.0 Å². The predicted molar refractivity (Wildman–Crippen MR) is 126 cm³/mol. The number of carbonyl (C=O) groups is 3. The Morgan fingerprint density at radius 1 is 0.939 bits per heavy atom. The van der Waals surface area contributed by atoms with Gasteiger partial charge < -0.3 is 19.4 Å². The zero-order valence-electron chi connectivity index (χ0n) is 18.1. The third kappa shape index (κ3) is 3.98. The number of esters is 2. The summed E-state index contributed by atoms with van der Waals surface area (Å²) in [5, 5.41) is 4.05. The first-order valence-electron chi connectivity index (χ1n) is 10.1. The molecule has 1 amide bonds. The number of aryl methyl sites for hydroxylation is 1. The summed E-state index contributed by atoms with van der Waals surface area (Å²) in [5.41, 5.74) is 1.03. The summed E-state index contributed by atoms with van der Waals surface area (Å²) in [7, 11) is 2.44. The van der Waals surface area contributed by atoms with Crippen molar-refractivity contribution >= 4 is 55.9 Å². The van der Waals surface area contributed by atoms with Gasteiger partial charge in [0.1, 0.15) is 0 Å². The standard InChI is InChI=1S/C24H20N2O6S/c1-4-26-18-8-6-5-7-16(18)20-17(22(26)28)12-19(33-20)21(27)25-15-10-13(23(29)31-2)9-14(11-15)24(30)32-3/h5-12H,4H2,1-3H3,(H,25,27). The molecule has 1 N–H and O–H groups in total. The number of rotatable bonds is 5. The fourth-order valence-electron chi connectivity index (χ4n) is 3.70. The normalized spacial score (nSPS) is 10.9. The maximum absolute atomic E-state index is 13.0. The first kappa shape index (κ1) is 22.2. The van der Waals surface area contributed by atoms with Gasteiger partial charge in [0.2, 0.25) is 0 Å². The van der Waals surface area contributed by atoms with Gasteiger partial charge in [-0.05, 0) is 37.3 Å². The van der Waals surface area contributed by atoms with Crippen molar-refractivity contribution in [1.82, 2.24) is 4.57 Å². The van der Waals surface area contributed by atoms with E-state index in [0.29, 0.717) is 16.8 Å². The van der Waals surface area contributed by atoms with Crippen LogP contribution in [0.25, 0.3) is 21.0 Å². The molecular formula is C24H20N2O6S. The second-order valence-electron chi connectivity index (χ2n) is 7.16. The first-order valence-corrected chi connectivity index (χ1v) is 10.9. The summed E-state index contributed by atoms with van der Waals surface area (Å²) in [6.45, 7) is 2.40. The minimum atomic E-state index is -0.662. The van der Waals surface area contributed by atoms with E-state index in [1.54, 1.807) is 10.6 Å². The number of fused-ring (bicyclic) bond motifs is 3. The molecule has 0 unspecified atom stereocenters. The molecule has 4 aromatic rings. The van der Waals surface area contributed by atoms with E-state index in [9.17, 15) is 19.2 Å². The minimum absolute atomic E-state index is 0.0869. The number of thiophene rings is 1. The Hall–Kier alpha value is -3.98. The number of nitrogens with one attached hydrogen (secondary N) is 1. The van der Waals surface area contributed by atoms with Crippen LogP contribution in [0.2, 0.25) is 0 Å². The highest BCUT2D eigenvalue weighted by atomic mass is 32.1. The van der Waals surface area contributed by atoms with Crippen LogP contribution in [0.15, 0.2) is 53.3 Å². The highest BCUT2D eigenvalue weighted by molar-refractivity contribution is 7.21. The molecule has 4 rings (SSSR count). The smallest absolute Gasteiger partial charge is 0.337 e. The number of benzene rings is 2. The van der Waals surface area contributed by atoms with E-state index in [1.807, 2.05) is 31.2 Å². The average Bonchev–Trinajstić information content (AvgIpc) is 3.29. The molecule has 168 valence electrons. The third-order valence-electron chi connectivity index (χ3n) is 5.22. The molecule has 2 heterocycles. The lowest BCUT2D eigenvalue weighted by atomic mass is 10.1. The van der Waals surface area contributed by atoms with Gasteiger partial charge in [-0.1, -0.05) is 18.2 Å². The molecule has 2 aromatic carbocycles. The third-order valence-corrected chi connectivity index (χ3v) is 6.39. The number of amides is 1. The number of methoxy groups -OCH3 is 2. The number of hydrogen-bond acceptors (Lipinski definition) is 7. The summed E-state index contributed by atoms with van der Waals surface area (Å²) >= 11 is 1.21. The van der Waals surface area contributed by atoms with E-state index in [1.165, 1.54) is 43.8 Å². The quantitative estimate of drug-likeness (QED) is 0.447. The van der Waals surface area contributed by atoms with Gasteiger partial charge in [0.25, 0.3) is 11.5 Å². The van der Waals surface area contributed by atoms with Gasteiger partial charge in [-0.15, -0.1) is 11.3 Å². The van der Waals surface area contributed by atoms with Gasteiger partial charge in [-0.3, -0.25) is 9.59 Å². The molecule has 0 atom stereocenters. The second kappa shape index (κ2) is 8.87. The fourth-order valence-corrected chi connectivity index (χ4v) is 4.77. The van der Waals surface area contributed by atoms with Crippen molar-refractivity contribution < 1.29 is 23.9 Å². The van der Waals surface area contributed by atoms with Crippen LogP contribution in [0.5, 0.6) is 0 Å². The summed E-state index contributed by atoms with van der Waals surface area (Å²) in [6.07, 6.45) is 0. The first-order chi connectivity index (χ1) is 15.9. The van der Waals surface area contributed by atoms with Crippen LogP contribution < -0.4 is 10.9 Å². The van der Waals surface area contributed by atoms with Crippen LogP contribution in [0.4, 0.5) is 5.69 Å². The van der Waals surface area contributed by atoms with Crippen molar-refractivity contribution in [3.63, 3.8) is 0 Å². The molecule has 0 spiro atoms. The van der Waals surface area contributed by atoms with E-state index in [4.69, 9.17) is 9.47 Å². The van der Waals surface area contributed by atoms with Gasteiger partial charge in [0.15, 0.2) is 0 Å². The molecule has 0 aliphatic heterocycles. The number of aromatic nitrogens is 1.